The molecule has 1 N–H and O–H groups in total. The average Bonchev–Trinajstić information content (AvgIpc) is 3.25. The monoisotopic (exact) mass is 362 g/mol. The number of hydrogen-bond acceptors (Lipinski definition) is 5. The van der Waals surface area contributed by atoms with Crippen molar-refractivity contribution >= 4 is 5.82 Å². The summed E-state index contributed by atoms with van der Waals surface area (Å²) in [7, 11) is 2.00. The van der Waals surface area contributed by atoms with Crippen molar-refractivity contribution in [1.82, 2.24) is 24.7 Å². The number of hydrogen-bond donors (Lipinski definition) is 1. The smallest absolute Gasteiger partial charge is 0.180 e. The highest BCUT2D eigenvalue weighted by Crippen LogP contribution is 2.33. The van der Waals surface area contributed by atoms with Gasteiger partial charge in [-0.15, -0.1) is 0 Å². The Hall–Kier alpha value is -2.76. The highest BCUT2D eigenvalue weighted by molar-refractivity contribution is 5.58. The molecule has 0 aliphatic heterocycles. The second kappa shape index (κ2) is 7.10. The fourth-order valence-corrected chi connectivity index (χ4v) is 4.00. The molecular formula is C21H26N6. The van der Waals surface area contributed by atoms with Crippen molar-refractivity contribution in [3.63, 3.8) is 0 Å². The van der Waals surface area contributed by atoms with Gasteiger partial charge in [0.2, 0.25) is 0 Å². The number of anilines is 1. The molecule has 0 saturated heterocycles. The fraction of sp³-hybridized carbons (Fsp3) is 0.429. The van der Waals surface area contributed by atoms with E-state index >= 15 is 0 Å². The zero-order valence-electron chi connectivity index (χ0n) is 16.5. The third-order valence-corrected chi connectivity index (χ3v) is 5.46. The Morgan fingerprint density at radius 1 is 1.19 bits per heavy atom. The summed E-state index contributed by atoms with van der Waals surface area (Å²) in [6.45, 7) is 6.41. The first kappa shape index (κ1) is 17.6. The van der Waals surface area contributed by atoms with Crippen molar-refractivity contribution in [3.8, 4) is 11.5 Å². The van der Waals surface area contributed by atoms with Crippen molar-refractivity contribution in [2.45, 2.75) is 52.5 Å². The molecule has 27 heavy (non-hydrogen) atoms. The molecule has 6 nitrogen and oxygen atoms in total. The van der Waals surface area contributed by atoms with E-state index in [9.17, 15) is 0 Å². The molecule has 3 aromatic heterocycles. The minimum absolute atomic E-state index is 0.176. The molecule has 1 aliphatic rings. The van der Waals surface area contributed by atoms with Crippen LogP contribution in [0.2, 0.25) is 0 Å². The first-order chi connectivity index (χ1) is 13.1. The SMILES string of the molecule is CCC(Nc1nc(-c2ccccn2)nc2c1CCC2)c1c(C)nn(C)c1C. The minimum atomic E-state index is 0.176. The van der Waals surface area contributed by atoms with Crippen molar-refractivity contribution in [1.29, 1.82) is 0 Å². The summed E-state index contributed by atoms with van der Waals surface area (Å²) in [5.74, 6) is 1.65. The van der Waals surface area contributed by atoms with Crippen LogP contribution in [0.1, 0.15) is 54.0 Å². The minimum Gasteiger partial charge on any atom is -0.363 e. The van der Waals surface area contributed by atoms with Gasteiger partial charge in [-0.2, -0.15) is 5.10 Å². The molecule has 140 valence electrons. The molecule has 0 spiro atoms. The van der Waals surface area contributed by atoms with Crippen LogP contribution >= 0.6 is 0 Å². The normalized spacial score (nSPS) is 14.2. The molecule has 0 amide bonds. The van der Waals surface area contributed by atoms with Crippen LogP contribution in [0.25, 0.3) is 11.5 Å². The fourth-order valence-electron chi connectivity index (χ4n) is 4.00. The molecule has 4 rings (SSSR count). The third-order valence-electron chi connectivity index (χ3n) is 5.46. The number of aromatic nitrogens is 5. The van der Waals surface area contributed by atoms with Gasteiger partial charge in [-0.25, -0.2) is 9.97 Å². The summed E-state index contributed by atoms with van der Waals surface area (Å²) in [5, 5.41) is 8.31. The Morgan fingerprint density at radius 3 is 2.70 bits per heavy atom. The summed E-state index contributed by atoms with van der Waals surface area (Å²) in [6, 6.07) is 6.03. The van der Waals surface area contributed by atoms with Gasteiger partial charge in [-0.1, -0.05) is 13.0 Å². The molecule has 0 bridgehead atoms. The first-order valence-electron chi connectivity index (χ1n) is 9.66. The van der Waals surface area contributed by atoms with E-state index in [4.69, 9.17) is 9.97 Å². The number of nitrogens with one attached hydrogen (secondary N) is 1. The van der Waals surface area contributed by atoms with Gasteiger partial charge in [0, 0.05) is 35.8 Å². The van der Waals surface area contributed by atoms with Gasteiger partial charge >= 0.3 is 0 Å². The van der Waals surface area contributed by atoms with Gasteiger partial charge in [-0.3, -0.25) is 9.67 Å². The van der Waals surface area contributed by atoms with E-state index in [1.165, 1.54) is 16.8 Å². The van der Waals surface area contributed by atoms with Crippen LogP contribution in [0.3, 0.4) is 0 Å². The third kappa shape index (κ3) is 3.20. The summed E-state index contributed by atoms with van der Waals surface area (Å²) in [4.78, 5) is 14.1. The molecule has 3 heterocycles. The van der Waals surface area contributed by atoms with Crippen molar-refractivity contribution in [3.05, 3.63) is 52.6 Å². The lowest BCUT2D eigenvalue weighted by molar-refractivity contribution is 0.713. The number of rotatable bonds is 5. The molecule has 0 radical (unpaired) electrons. The van der Waals surface area contributed by atoms with Gasteiger partial charge in [0.15, 0.2) is 5.82 Å². The molecule has 3 aromatic rings. The van der Waals surface area contributed by atoms with E-state index in [0.717, 1.165) is 48.6 Å². The Labute approximate surface area is 160 Å². The van der Waals surface area contributed by atoms with E-state index in [1.807, 2.05) is 29.9 Å². The highest BCUT2D eigenvalue weighted by atomic mass is 15.3. The Morgan fingerprint density at radius 2 is 2.04 bits per heavy atom. The average molecular weight is 362 g/mol. The standard InChI is InChI=1S/C21H26N6/c1-5-16(19-13(2)26-27(4)14(19)3)23-20-15-9-8-11-17(15)24-21(25-20)18-10-6-7-12-22-18/h6-7,10,12,16H,5,8-9,11H2,1-4H3,(H,23,24,25). The summed E-state index contributed by atoms with van der Waals surface area (Å²) in [5.41, 5.74) is 6.77. The maximum absolute atomic E-state index is 4.88. The molecule has 6 heteroatoms. The molecule has 0 fully saturated rings. The molecule has 0 saturated carbocycles. The largest absolute Gasteiger partial charge is 0.363 e. The quantitative estimate of drug-likeness (QED) is 0.744. The highest BCUT2D eigenvalue weighted by Gasteiger charge is 2.24. The van der Waals surface area contributed by atoms with E-state index in [2.05, 4.69) is 36.2 Å². The predicted octanol–water partition coefficient (Wildman–Crippen LogP) is 3.94. The lowest BCUT2D eigenvalue weighted by Crippen LogP contribution is -2.15. The Kier molecular flexibility index (Phi) is 4.64. The van der Waals surface area contributed by atoms with Gasteiger partial charge < -0.3 is 5.32 Å². The van der Waals surface area contributed by atoms with Crippen molar-refractivity contribution < 1.29 is 0 Å². The number of pyridine rings is 1. The Bertz CT molecular complexity index is 961. The van der Waals surface area contributed by atoms with Gasteiger partial charge in [0.1, 0.15) is 11.5 Å². The van der Waals surface area contributed by atoms with Gasteiger partial charge in [0.25, 0.3) is 0 Å². The predicted molar refractivity (Wildman–Crippen MR) is 107 cm³/mol. The zero-order valence-corrected chi connectivity index (χ0v) is 16.5. The van der Waals surface area contributed by atoms with Gasteiger partial charge in [-0.05, 0) is 51.7 Å². The summed E-state index contributed by atoms with van der Waals surface area (Å²) >= 11 is 0. The lowest BCUT2D eigenvalue weighted by Gasteiger charge is -2.21. The van der Waals surface area contributed by atoms with Crippen LogP contribution in [-0.4, -0.2) is 24.7 Å². The maximum Gasteiger partial charge on any atom is 0.180 e. The molecular weight excluding hydrogens is 336 g/mol. The first-order valence-corrected chi connectivity index (χ1v) is 9.66. The molecule has 1 unspecified atom stereocenters. The van der Waals surface area contributed by atoms with Crippen molar-refractivity contribution in [2.24, 2.45) is 7.05 Å². The number of fused-ring (bicyclic) bond motifs is 1. The van der Waals surface area contributed by atoms with E-state index < -0.39 is 0 Å². The summed E-state index contributed by atoms with van der Waals surface area (Å²) < 4.78 is 1.96. The Balaban J connectivity index is 1.75. The van der Waals surface area contributed by atoms with E-state index in [1.54, 1.807) is 6.20 Å². The van der Waals surface area contributed by atoms with E-state index in [0.29, 0.717) is 5.82 Å². The number of nitrogens with zero attached hydrogens (tertiary/aromatic N) is 5. The van der Waals surface area contributed by atoms with Crippen LogP contribution in [-0.2, 0) is 19.9 Å². The lowest BCUT2D eigenvalue weighted by atomic mass is 10.0. The number of aryl methyl sites for hydroxylation is 3. The molecule has 1 aliphatic carbocycles. The second-order valence-electron chi connectivity index (χ2n) is 7.20. The molecule has 1 atom stereocenters. The van der Waals surface area contributed by atoms with Gasteiger partial charge in [0.05, 0.1) is 11.7 Å². The van der Waals surface area contributed by atoms with Crippen LogP contribution in [0.5, 0.6) is 0 Å². The van der Waals surface area contributed by atoms with E-state index in [-0.39, 0.29) is 6.04 Å². The van der Waals surface area contributed by atoms with Crippen LogP contribution < -0.4 is 5.32 Å². The summed E-state index contributed by atoms with van der Waals surface area (Å²) in [6.07, 6.45) is 5.92. The van der Waals surface area contributed by atoms with Crippen LogP contribution in [0.15, 0.2) is 24.4 Å². The zero-order chi connectivity index (χ0) is 19.0. The van der Waals surface area contributed by atoms with Crippen LogP contribution in [0.4, 0.5) is 5.82 Å². The second-order valence-corrected chi connectivity index (χ2v) is 7.20. The van der Waals surface area contributed by atoms with Crippen LogP contribution in [0, 0.1) is 13.8 Å². The van der Waals surface area contributed by atoms with Crippen molar-refractivity contribution in [2.75, 3.05) is 5.32 Å². The topological polar surface area (TPSA) is 68.5 Å². The molecule has 0 aromatic carbocycles. The maximum atomic E-state index is 4.88.